The summed E-state index contributed by atoms with van der Waals surface area (Å²) in [6.45, 7) is -1.35. The van der Waals surface area contributed by atoms with Crippen molar-refractivity contribution in [1.29, 1.82) is 0 Å². The molecule has 210 valence electrons. The Hall–Kier alpha value is -4.40. The van der Waals surface area contributed by atoms with Crippen LogP contribution in [0.1, 0.15) is 24.3 Å². The highest BCUT2D eigenvalue weighted by molar-refractivity contribution is 7.19. The number of unbranched alkanes of at least 4 members (excludes halogenated alkanes) is 1. The Morgan fingerprint density at radius 1 is 1.18 bits per heavy atom. The normalized spacial score (nSPS) is 11.1. The summed E-state index contributed by atoms with van der Waals surface area (Å²) in [4.78, 5) is 49.3. The molecule has 1 aromatic carbocycles. The number of nitrogens with two attached hydrogens (primary N) is 2. The summed E-state index contributed by atoms with van der Waals surface area (Å²) >= 11 is 1.13. The number of allylic oxidation sites excluding steroid dienone is 1. The summed E-state index contributed by atoms with van der Waals surface area (Å²) in [5.41, 5.74) is 9.53. The number of fused-ring (bicyclic) bond motifs is 1. The van der Waals surface area contributed by atoms with Crippen molar-refractivity contribution in [2.24, 2.45) is 11.5 Å². The van der Waals surface area contributed by atoms with Crippen molar-refractivity contribution in [3.8, 4) is 5.75 Å². The lowest BCUT2D eigenvalue weighted by Crippen LogP contribution is -2.25. The number of hydrogen-bond donors (Lipinski definition) is 3. The number of nitrogens with zero attached hydrogens (tertiary/aromatic N) is 2. The molecular formula is C24H26F3N5O6S. The first-order valence-corrected chi connectivity index (χ1v) is 12.1. The molecule has 0 fully saturated rings. The average molecular weight is 570 g/mol. The predicted molar refractivity (Wildman–Crippen MR) is 138 cm³/mol. The quantitative estimate of drug-likeness (QED) is 0.249. The molecule has 3 rings (SSSR count). The van der Waals surface area contributed by atoms with Gasteiger partial charge >= 0.3 is 12.3 Å². The smallest absolute Gasteiger partial charge is 0.422 e. The Kier molecular flexibility index (Phi) is 11.5. The number of anilines is 1. The molecule has 0 bridgehead atoms. The van der Waals surface area contributed by atoms with E-state index in [4.69, 9.17) is 10.5 Å². The number of nitrogens with one attached hydrogen (secondary N) is 1. The Bertz CT molecular complexity index is 1390. The van der Waals surface area contributed by atoms with Crippen LogP contribution in [0.2, 0.25) is 0 Å². The minimum Gasteiger partial charge on any atom is -0.483 e. The number of alkyl halides is 3. The maximum atomic E-state index is 12.8. The molecule has 0 aliphatic heterocycles. The number of thiazole rings is 1. The summed E-state index contributed by atoms with van der Waals surface area (Å²) in [5.74, 6) is -0.848. The van der Waals surface area contributed by atoms with Crippen molar-refractivity contribution in [1.82, 2.24) is 9.55 Å². The van der Waals surface area contributed by atoms with Gasteiger partial charge in [0.15, 0.2) is 6.61 Å². The molecule has 5 N–H and O–H groups in total. The van der Waals surface area contributed by atoms with Gasteiger partial charge in [-0.2, -0.15) is 13.2 Å². The second-order valence-corrected chi connectivity index (χ2v) is 8.82. The number of methoxy groups -OCH3 is 1. The Morgan fingerprint density at radius 2 is 1.90 bits per heavy atom. The number of primary amides is 2. The fraction of sp³-hybridized carbons (Fsp3) is 0.292. The van der Waals surface area contributed by atoms with Crippen LogP contribution in [0.15, 0.2) is 53.5 Å². The van der Waals surface area contributed by atoms with E-state index >= 15 is 0 Å². The number of carbonyl (C=O) groups excluding carboxylic acids is 3. The molecule has 0 aliphatic rings. The summed E-state index contributed by atoms with van der Waals surface area (Å²) in [7, 11) is 1.22. The third-order valence-corrected chi connectivity index (χ3v) is 5.74. The number of rotatable bonds is 10. The van der Waals surface area contributed by atoms with Gasteiger partial charge in [0, 0.05) is 12.6 Å². The van der Waals surface area contributed by atoms with Crippen LogP contribution in [0.5, 0.6) is 5.75 Å². The Morgan fingerprint density at radius 3 is 2.54 bits per heavy atom. The van der Waals surface area contributed by atoms with Crippen molar-refractivity contribution >= 4 is 45.1 Å². The fourth-order valence-electron chi connectivity index (χ4n) is 3.01. The first-order chi connectivity index (χ1) is 18.4. The first kappa shape index (κ1) is 30.8. The maximum Gasteiger partial charge on any atom is 0.422 e. The largest absolute Gasteiger partial charge is 0.483 e. The SMILES string of the molecule is COC(N)=O.NC(=O)/C=C/CCCC(=O)Nc1cccn(Cc2nc3cccc(OCC(F)(F)F)c3s2)c1=O. The van der Waals surface area contributed by atoms with E-state index in [0.29, 0.717) is 28.1 Å². The molecule has 0 aliphatic carbocycles. The number of pyridine rings is 1. The summed E-state index contributed by atoms with van der Waals surface area (Å²) < 4.78 is 48.1. The van der Waals surface area contributed by atoms with Crippen molar-refractivity contribution in [2.75, 3.05) is 19.0 Å². The number of ether oxygens (including phenoxy) is 2. The van der Waals surface area contributed by atoms with Crippen molar-refractivity contribution in [3.05, 3.63) is 64.0 Å². The Balaban J connectivity index is 0.000000976. The minimum atomic E-state index is -4.46. The lowest BCUT2D eigenvalue weighted by molar-refractivity contribution is -0.153. The molecular weight excluding hydrogens is 543 g/mol. The number of aromatic nitrogens is 2. The summed E-state index contributed by atoms with van der Waals surface area (Å²) in [6.07, 6.45) is 0.223. The molecule has 0 spiro atoms. The van der Waals surface area contributed by atoms with Crippen LogP contribution >= 0.6 is 11.3 Å². The number of hydrogen-bond acceptors (Lipinski definition) is 8. The third kappa shape index (κ3) is 10.9. The fourth-order valence-corrected chi connectivity index (χ4v) is 4.03. The van der Waals surface area contributed by atoms with Gasteiger partial charge in [-0.25, -0.2) is 9.78 Å². The summed E-state index contributed by atoms with van der Waals surface area (Å²) in [5, 5.41) is 3.06. The van der Waals surface area contributed by atoms with Gasteiger partial charge in [0.25, 0.3) is 5.56 Å². The topological polar surface area (TPSA) is 169 Å². The zero-order chi connectivity index (χ0) is 29.0. The van der Waals surface area contributed by atoms with E-state index in [0.717, 1.165) is 11.3 Å². The molecule has 0 atom stereocenters. The van der Waals surface area contributed by atoms with E-state index in [-0.39, 0.29) is 30.3 Å². The maximum absolute atomic E-state index is 12.8. The van der Waals surface area contributed by atoms with Crippen molar-refractivity contribution < 1.29 is 37.0 Å². The zero-order valence-electron chi connectivity index (χ0n) is 20.7. The molecule has 11 nitrogen and oxygen atoms in total. The molecule has 0 saturated carbocycles. The van der Waals surface area contributed by atoms with Gasteiger partial charge in [0.1, 0.15) is 16.4 Å². The van der Waals surface area contributed by atoms with Gasteiger partial charge in [-0.05, 0) is 43.2 Å². The van der Waals surface area contributed by atoms with E-state index in [9.17, 15) is 32.3 Å². The second kappa shape index (κ2) is 14.5. The van der Waals surface area contributed by atoms with Crippen LogP contribution in [0.25, 0.3) is 10.2 Å². The molecule has 2 aromatic heterocycles. The van der Waals surface area contributed by atoms with Gasteiger partial charge < -0.3 is 30.8 Å². The van der Waals surface area contributed by atoms with E-state index in [1.54, 1.807) is 24.3 Å². The lowest BCUT2D eigenvalue weighted by atomic mass is 10.2. The van der Waals surface area contributed by atoms with E-state index in [1.807, 2.05) is 0 Å². The third-order valence-electron chi connectivity index (χ3n) is 4.67. The van der Waals surface area contributed by atoms with Gasteiger partial charge in [0.2, 0.25) is 11.8 Å². The van der Waals surface area contributed by atoms with Crippen LogP contribution in [0.4, 0.5) is 23.7 Å². The van der Waals surface area contributed by atoms with Crippen LogP contribution in [0.3, 0.4) is 0 Å². The molecule has 3 aromatic rings. The van der Waals surface area contributed by atoms with Crippen LogP contribution in [0, 0.1) is 0 Å². The molecule has 39 heavy (non-hydrogen) atoms. The Labute approximate surface area is 224 Å². The number of carbonyl (C=O) groups is 3. The number of benzene rings is 1. The predicted octanol–water partition coefficient (Wildman–Crippen LogP) is 3.31. The highest BCUT2D eigenvalue weighted by atomic mass is 32.1. The monoisotopic (exact) mass is 569 g/mol. The van der Waals surface area contributed by atoms with E-state index < -0.39 is 30.3 Å². The number of halogens is 3. The van der Waals surface area contributed by atoms with Gasteiger partial charge in [-0.3, -0.25) is 14.4 Å². The van der Waals surface area contributed by atoms with Crippen molar-refractivity contribution in [2.45, 2.75) is 32.0 Å². The molecule has 3 amide bonds. The summed E-state index contributed by atoms with van der Waals surface area (Å²) in [6, 6.07) is 7.70. The van der Waals surface area contributed by atoms with E-state index in [2.05, 4.69) is 20.8 Å². The van der Waals surface area contributed by atoms with Gasteiger partial charge in [-0.15, -0.1) is 11.3 Å². The van der Waals surface area contributed by atoms with Crippen LogP contribution in [-0.2, 0) is 20.9 Å². The highest BCUT2D eigenvalue weighted by Crippen LogP contribution is 2.32. The van der Waals surface area contributed by atoms with Gasteiger partial charge in [-0.1, -0.05) is 12.1 Å². The number of amides is 3. The molecule has 0 unspecified atom stereocenters. The molecule has 0 saturated heterocycles. The minimum absolute atomic E-state index is 0.0672. The average Bonchev–Trinajstić information content (AvgIpc) is 3.27. The first-order valence-electron chi connectivity index (χ1n) is 11.3. The molecule has 0 radical (unpaired) electrons. The molecule has 15 heteroatoms. The van der Waals surface area contributed by atoms with Crippen LogP contribution in [-0.4, -0.2) is 47.4 Å². The lowest BCUT2D eigenvalue weighted by Gasteiger charge is -2.09. The second-order valence-electron chi connectivity index (χ2n) is 7.74. The standard InChI is InChI=1S/C22H21F3N4O4S.C2H5NO2/c23-22(24,25)13-33-16-8-4-6-14-20(16)34-19(28-14)12-29-11-5-7-15(21(29)32)27-18(31)10-3-1-2-9-17(26)30;1-5-2(3)4/h2,4-9,11H,1,3,10,12-13H2,(H2,26,30)(H,27,31);1H3,(H2,3,4)/b9-2+;. The van der Waals surface area contributed by atoms with Gasteiger partial charge in [0.05, 0.1) is 23.9 Å². The van der Waals surface area contributed by atoms with Crippen molar-refractivity contribution in [3.63, 3.8) is 0 Å². The highest BCUT2D eigenvalue weighted by Gasteiger charge is 2.29. The van der Waals surface area contributed by atoms with E-state index in [1.165, 1.54) is 36.1 Å². The molecule has 2 heterocycles. The zero-order valence-corrected chi connectivity index (χ0v) is 21.5. The van der Waals surface area contributed by atoms with Crippen LogP contribution < -0.4 is 27.1 Å².